The van der Waals surface area contributed by atoms with E-state index in [0.29, 0.717) is 6.42 Å². The molecule has 0 aliphatic rings. The molecular weight excluding hydrogens is 277 g/mol. The summed E-state index contributed by atoms with van der Waals surface area (Å²) >= 11 is 2.08. The van der Waals surface area contributed by atoms with Crippen LogP contribution in [0.2, 0.25) is 0 Å². The van der Waals surface area contributed by atoms with Crippen LogP contribution in [-0.2, 0) is 0 Å². The average molecular weight is 289 g/mol. The molecule has 0 fully saturated rings. The molecule has 13 heavy (non-hydrogen) atoms. The second-order valence-corrected chi connectivity index (χ2v) is 3.97. The zero-order chi connectivity index (χ0) is 9.84. The monoisotopic (exact) mass is 289 g/mol. The maximum Gasteiger partial charge on any atom is 0.133 e. The van der Waals surface area contributed by atoms with Crippen molar-refractivity contribution in [2.45, 2.75) is 12.5 Å². The minimum absolute atomic E-state index is 0.160. The molecule has 0 saturated carbocycles. The summed E-state index contributed by atoms with van der Waals surface area (Å²) in [4.78, 5) is 0. The molecule has 0 heterocycles. The van der Waals surface area contributed by atoms with Crippen molar-refractivity contribution in [1.82, 2.24) is 0 Å². The zero-order valence-electron chi connectivity index (χ0n) is 7.20. The van der Waals surface area contributed by atoms with Gasteiger partial charge in [0.25, 0.3) is 0 Å². The van der Waals surface area contributed by atoms with Crippen molar-refractivity contribution >= 4 is 22.6 Å². The largest absolute Gasteiger partial charge is 0.506 e. The highest BCUT2D eigenvalue weighted by Gasteiger charge is 2.10. The van der Waals surface area contributed by atoms with E-state index in [0.717, 1.165) is 9.13 Å². The Kier molecular flexibility index (Phi) is 3.74. The molecule has 0 amide bonds. The molecule has 0 saturated heterocycles. The van der Waals surface area contributed by atoms with Gasteiger partial charge < -0.3 is 10.8 Å². The van der Waals surface area contributed by atoms with Gasteiger partial charge in [0.2, 0.25) is 0 Å². The minimum Gasteiger partial charge on any atom is -0.506 e. The Labute approximate surface area is 91.6 Å². The van der Waals surface area contributed by atoms with Gasteiger partial charge in [-0.25, -0.2) is 0 Å². The summed E-state index contributed by atoms with van der Waals surface area (Å²) in [5, 5.41) is 9.67. The van der Waals surface area contributed by atoms with Gasteiger partial charge >= 0.3 is 0 Å². The number of hydrogen-bond acceptors (Lipinski definition) is 2. The second-order valence-electron chi connectivity index (χ2n) is 2.81. The quantitative estimate of drug-likeness (QED) is 0.663. The normalized spacial score (nSPS) is 12.5. The molecular formula is C10H12INO. The van der Waals surface area contributed by atoms with Crippen LogP contribution >= 0.6 is 22.6 Å². The van der Waals surface area contributed by atoms with E-state index in [1.165, 1.54) is 0 Å². The summed E-state index contributed by atoms with van der Waals surface area (Å²) in [5.41, 5.74) is 6.62. The van der Waals surface area contributed by atoms with Gasteiger partial charge in [-0.2, -0.15) is 0 Å². The van der Waals surface area contributed by atoms with Gasteiger partial charge in [-0.15, -0.1) is 6.58 Å². The molecule has 3 heteroatoms. The fourth-order valence-electron chi connectivity index (χ4n) is 1.14. The lowest BCUT2D eigenvalue weighted by Crippen LogP contribution is -2.09. The molecule has 2 nitrogen and oxygen atoms in total. The van der Waals surface area contributed by atoms with Gasteiger partial charge in [-0.3, -0.25) is 0 Å². The SMILES string of the molecule is C=CC[C@@H](N)c1cccc(I)c1O. The Morgan fingerprint density at radius 1 is 1.62 bits per heavy atom. The first-order chi connectivity index (χ1) is 6.16. The molecule has 1 rings (SSSR count). The highest BCUT2D eigenvalue weighted by molar-refractivity contribution is 14.1. The average Bonchev–Trinajstić information content (AvgIpc) is 2.10. The second kappa shape index (κ2) is 4.62. The van der Waals surface area contributed by atoms with Gasteiger partial charge in [0.15, 0.2) is 0 Å². The summed E-state index contributed by atoms with van der Waals surface area (Å²) in [6.07, 6.45) is 2.43. The van der Waals surface area contributed by atoms with E-state index in [2.05, 4.69) is 29.2 Å². The van der Waals surface area contributed by atoms with Crippen molar-refractivity contribution in [2.75, 3.05) is 0 Å². The van der Waals surface area contributed by atoms with Crippen molar-refractivity contribution in [3.8, 4) is 5.75 Å². The van der Waals surface area contributed by atoms with E-state index in [1.807, 2.05) is 18.2 Å². The minimum atomic E-state index is -0.160. The van der Waals surface area contributed by atoms with Gasteiger partial charge in [0, 0.05) is 11.6 Å². The van der Waals surface area contributed by atoms with E-state index in [-0.39, 0.29) is 11.8 Å². The fourth-order valence-corrected chi connectivity index (χ4v) is 1.66. The maximum atomic E-state index is 9.67. The molecule has 0 spiro atoms. The molecule has 70 valence electrons. The lowest BCUT2D eigenvalue weighted by atomic mass is 10.0. The van der Waals surface area contributed by atoms with Crippen LogP contribution in [0.5, 0.6) is 5.75 Å². The predicted octanol–water partition coefficient (Wildman–Crippen LogP) is 2.57. The van der Waals surface area contributed by atoms with E-state index < -0.39 is 0 Å². The van der Waals surface area contributed by atoms with E-state index >= 15 is 0 Å². The number of nitrogens with two attached hydrogens (primary N) is 1. The number of phenolic OH excluding ortho intramolecular Hbond substituents is 1. The van der Waals surface area contributed by atoms with E-state index in [4.69, 9.17) is 5.73 Å². The summed E-state index contributed by atoms with van der Waals surface area (Å²) in [6, 6.07) is 5.41. The number of benzene rings is 1. The Morgan fingerprint density at radius 3 is 2.92 bits per heavy atom. The molecule has 0 aromatic heterocycles. The zero-order valence-corrected chi connectivity index (χ0v) is 9.36. The van der Waals surface area contributed by atoms with Crippen LogP contribution < -0.4 is 5.73 Å². The first-order valence-corrected chi connectivity index (χ1v) is 5.08. The molecule has 1 atom stereocenters. The number of halogens is 1. The summed E-state index contributed by atoms with van der Waals surface area (Å²) in [5.74, 6) is 0.289. The standard InChI is InChI=1S/C10H12INO/c1-2-4-9(12)7-5-3-6-8(11)10(7)13/h2-3,5-6,9,13H,1,4,12H2/t9-/m1/s1. The third-order valence-electron chi connectivity index (χ3n) is 1.84. The number of rotatable bonds is 3. The highest BCUT2D eigenvalue weighted by Crippen LogP contribution is 2.29. The van der Waals surface area contributed by atoms with Gasteiger partial charge in [-0.05, 0) is 35.1 Å². The van der Waals surface area contributed by atoms with E-state index in [9.17, 15) is 5.11 Å². The Balaban J connectivity index is 3.00. The van der Waals surface area contributed by atoms with Crippen LogP contribution in [0, 0.1) is 3.57 Å². The maximum absolute atomic E-state index is 9.67. The van der Waals surface area contributed by atoms with Crippen molar-refractivity contribution in [2.24, 2.45) is 5.73 Å². The van der Waals surface area contributed by atoms with Crippen molar-refractivity contribution < 1.29 is 5.11 Å². The Bertz CT molecular complexity index is 312. The lowest BCUT2D eigenvalue weighted by Gasteiger charge is -2.12. The van der Waals surface area contributed by atoms with E-state index in [1.54, 1.807) is 6.08 Å². The number of para-hydroxylation sites is 1. The smallest absolute Gasteiger partial charge is 0.133 e. The fraction of sp³-hybridized carbons (Fsp3) is 0.200. The molecule has 0 unspecified atom stereocenters. The summed E-state index contributed by atoms with van der Waals surface area (Å²) < 4.78 is 0.828. The molecule has 3 N–H and O–H groups in total. The first kappa shape index (κ1) is 10.5. The molecule has 0 aliphatic heterocycles. The van der Waals surface area contributed by atoms with Gasteiger partial charge in [-0.1, -0.05) is 18.2 Å². The number of aromatic hydroxyl groups is 1. The molecule has 0 aliphatic carbocycles. The third kappa shape index (κ3) is 2.45. The van der Waals surface area contributed by atoms with Crippen molar-refractivity contribution in [3.05, 3.63) is 40.0 Å². The summed E-state index contributed by atoms with van der Waals surface area (Å²) in [7, 11) is 0. The van der Waals surface area contributed by atoms with Crippen LogP contribution in [0.1, 0.15) is 18.0 Å². The van der Waals surface area contributed by atoms with Crippen LogP contribution in [0.15, 0.2) is 30.9 Å². The number of hydrogen-bond donors (Lipinski definition) is 2. The highest BCUT2D eigenvalue weighted by atomic mass is 127. The number of phenols is 1. The van der Waals surface area contributed by atoms with Crippen molar-refractivity contribution in [1.29, 1.82) is 0 Å². The molecule has 0 bridgehead atoms. The van der Waals surface area contributed by atoms with Crippen LogP contribution in [0.25, 0.3) is 0 Å². The van der Waals surface area contributed by atoms with Crippen LogP contribution in [0.4, 0.5) is 0 Å². The van der Waals surface area contributed by atoms with Crippen LogP contribution in [0.3, 0.4) is 0 Å². The topological polar surface area (TPSA) is 46.2 Å². The molecule has 0 radical (unpaired) electrons. The molecule has 1 aromatic rings. The molecule has 1 aromatic carbocycles. The Morgan fingerprint density at radius 2 is 2.31 bits per heavy atom. The third-order valence-corrected chi connectivity index (χ3v) is 2.71. The van der Waals surface area contributed by atoms with Crippen LogP contribution in [-0.4, -0.2) is 5.11 Å². The first-order valence-electron chi connectivity index (χ1n) is 4.00. The lowest BCUT2D eigenvalue weighted by molar-refractivity contribution is 0.458. The Hall–Kier alpha value is -0.550. The van der Waals surface area contributed by atoms with Gasteiger partial charge in [0.1, 0.15) is 5.75 Å². The predicted molar refractivity (Wildman–Crippen MR) is 62.6 cm³/mol. The van der Waals surface area contributed by atoms with Crippen molar-refractivity contribution in [3.63, 3.8) is 0 Å². The van der Waals surface area contributed by atoms with Gasteiger partial charge in [0.05, 0.1) is 3.57 Å². The summed E-state index contributed by atoms with van der Waals surface area (Å²) in [6.45, 7) is 3.61.